The SMILES string of the molecule is Cc1cc(C)c(S(=O)(=O)N2CCC(OCC(=O)NC3CCC(CCc4ccccc4)(N(C)C)CC3)C2)c(C)c1. The zero-order valence-electron chi connectivity index (χ0n) is 24.2. The molecular formula is C31H45N3O4S. The van der Waals surface area contributed by atoms with Crippen LogP contribution < -0.4 is 5.32 Å². The second-order valence-corrected chi connectivity index (χ2v) is 13.6. The maximum Gasteiger partial charge on any atom is 0.246 e. The standard InChI is InChI=1S/C31H45N3O4S/c1-23-19-24(2)30(25(3)20-23)39(36,37)34-18-14-28(21-34)38-22-29(35)32-27-12-16-31(17-13-27,33(4)5)15-11-26-9-7-6-8-10-26/h6-10,19-20,27-28H,11-18,21-22H2,1-5H3,(H,32,35). The Morgan fingerprint density at radius 1 is 1.05 bits per heavy atom. The predicted octanol–water partition coefficient (Wildman–Crippen LogP) is 4.38. The van der Waals surface area contributed by atoms with E-state index in [9.17, 15) is 13.2 Å². The zero-order chi connectivity index (χ0) is 28.2. The number of carbonyl (C=O) groups excluding carboxylic acids is 1. The first-order chi connectivity index (χ1) is 18.5. The number of hydrogen-bond donors (Lipinski definition) is 1. The average molecular weight is 556 g/mol. The molecular weight excluding hydrogens is 510 g/mol. The molecule has 0 bridgehead atoms. The van der Waals surface area contributed by atoms with Gasteiger partial charge in [-0.3, -0.25) is 4.79 Å². The van der Waals surface area contributed by atoms with E-state index in [0.29, 0.717) is 17.9 Å². The van der Waals surface area contributed by atoms with Crippen LogP contribution in [0.15, 0.2) is 47.4 Å². The first kappa shape index (κ1) is 29.7. The molecule has 39 heavy (non-hydrogen) atoms. The Balaban J connectivity index is 1.23. The minimum absolute atomic E-state index is 0.0372. The monoisotopic (exact) mass is 555 g/mol. The van der Waals surface area contributed by atoms with E-state index in [1.165, 1.54) is 9.87 Å². The molecule has 2 fully saturated rings. The summed E-state index contributed by atoms with van der Waals surface area (Å²) in [6.45, 7) is 6.30. The summed E-state index contributed by atoms with van der Waals surface area (Å²) in [5.74, 6) is -0.117. The number of sulfonamides is 1. The van der Waals surface area contributed by atoms with Crippen LogP contribution in [0.2, 0.25) is 0 Å². The molecule has 1 amide bonds. The number of amides is 1. The maximum atomic E-state index is 13.3. The van der Waals surface area contributed by atoms with Gasteiger partial charge in [-0.2, -0.15) is 4.31 Å². The molecule has 1 N–H and O–H groups in total. The van der Waals surface area contributed by atoms with E-state index in [0.717, 1.165) is 55.2 Å². The Bertz CT molecular complexity index is 1210. The van der Waals surface area contributed by atoms with Gasteiger partial charge in [0, 0.05) is 24.7 Å². The Morgan fingerprint density at radius 3 is 2.31 bits per heavy atom. The van der Waals surface area contributed by atoms with Crippen LogP contribution in [-0.2, 0) is 26.0 Å². The molecule has 1 unspecified atom stereocenters. The molecule has 8 heteroatoms. The molecule has 2 aromatic carbocycles. The lowest BCUT2D eigenvalue weighted by Gasteiger charge is -2.45. The van der Waals surface area contributed by atoms with Crippen molar-refractivity contribution in [2.75, 3.05) is 33.8 Å². The Hall–Kier alpha value is -2.26. The second kappa shape index (κ2) is 12.5. The fraction of sp³-hybridized carbons (Fsp3) is 0.581. The quantitative estimate of drug-likeness (QED) is 0.471. The highest BCUT2D eigenvalue weighted by Crippen LogP contribution is 2.36. The van der Waals surface area contributed by atoms with Gasteiger partial charge in [-0.1, -0.05) is 48.0 Å². The molecule has 4 rings (SSSR count). The van der Waals surface area contributed by atoms with Crippen molar-refractivity contribution in [1.29, 1.82) is 0 Å². The second-order valence-electron chi connectivity index (χ2n) is 11.8. The summed E-state index contributed by atoms with van der Waals surface area (Å²) < 4.78 is 34.1. The van der Waals surface area contributed by atoms with Crippen molar-refractivity contribution in [3.63, 3.8) is 0 Å². The van der Waals surface area contributed by atoms with Crippen LogP contribution in [0.25, 0.3) is 0 Å². The Labute approximate surface area is 235 Å². The van der Waals surface area contributed by atoms with E-state index in [4.69, 9.17) is 4.74 Å². The number of aryl methyl sites for hydroxylation is 4. The number of carbonyl (C=O) groups is 1. The van der Waals surface area contributed by atoms with Crippen molar-refractivity contribution in [3.05, 3.63) is 64.7 Å². The van der Waals surface area contributed by atoms with Gasteiger partial charge in [0.2, 0.25) is 15.9 Å². The highest BCUT2D eigenvalue weighted by molar-refractivity contribution is 7.89. The minimum Gasteiger partial charge on any atom is -0.367 e. The van der Waals surface area contributed by atoms with Gasteiger partial charge in [-0.15, -0.1) is 0 Å². The van der Waals surface area contributed by atoms with Gasteiger partial charge in [0.15, 0.2) is 0 Å². The van der Waals surface area contributed by atoms with Crippen molar-refractivity contribution in [1.82, 2.24) is 14.5 Å². The zero-order valence-corrected chi connectivity index (χ0v) is 25.0. The maximum absolute atomic E-state index is 13.3. The van der Waals surface area contributed by atoms with Crippen molar-refractivity contribution >= 4 is 15.9 Å². The van der Waals surface area contributed by atoms with E-state index >= 15 is 0 Å². The van der Waals surface area contributed by atoms with E-state index in [2.05, 4.69) is 54.6 Å². The number of rotatable bonds is 10. The normalized spacial score (nSPS) is 24.3. The smallest absolute Gasteiger partial charge is 0.246 e. The third-order valence-corrected chi connectivity index (χ3v) is 10.9. The number of hydrogen-bond acceptors (Lipinski definition) is 5. The van der Waals surface area contributed by atoms with Gasteiger partial charge in [-0.05, 0) is 96.5 Å². The van der Waals surface area contributed by atoms with Gasteiger partial charge in [0.05, 0.1) is 11.0 Å². The fourth-order valence-corrected chi connectivity index (χ4v) is 8.36. The molecule has 1 aliphatic heterocycles. The number of benzene rings is 2. The fourth-order valence-electron chi connectivity index (χ4n) is 6.46. The third-order valence-electron chi connectivity index (χ3n) is 8.71. The summed E-state index contributed by atoms with van der Waals surface area (Å²) in [7, 11) is 0.739. The third kappa shape index (κ3) is 7.09. The van der Waals surface area contributed by atoms with Gasteiger partial charge in [0.1, 0.15) is 6.61 Å². The lowest BCUT2D eigenvalue weighted by molar-refractivity contribution is -0.128. The minimum atomic E-state index is -3.60. The number of nitrogens with one attached hydrogen (secondary N) is 1. The highest BCUT2D eigenvalue weighted by atomic mass is 32.2. The van der Waals surface area contributed by atoms with Crippen molar-refractivity contribution in [2.24, 2.45) is 0 Å². The molecule has 1 heterocycles. The van der Waals surface area contributed by atoms with Gasteiger partial charge in [-0.25, -0.2) is 8.42 Å². The molecule has 0 spiro atoms. The number of ether oxygens (including phenoxy) is 1. The summed E-state index contributed by atoms with van der Waals surface area (Å²) in [4.78, 5) is 15.5. The molecule has 1 saturated carbocycles. The first-order valence-electron chi connectivity index (χ1n) is 14.2. The average Bonchev–Trinajstić information content (AvgIpc) is 3.37. The van der Waals surface area contributed by atoms with Crippen LogP contribution in [0.5, 0.6) is 0 Å². The largest absolute Gasteiger partial charge is 0.367 e. The molecule has 1 atom stereocenters. The van der Waals surface area contributed by atoms with Gasteiger partial charge < -0.3 is 15.0 Å². The number of nitrogens with zero attached hydrogens (tertiary/aromatic N) is 2. The van der Waals surface area contributed by atoms with Crippen molar-refractivity contribution in [3.8, 4) is 0 Å². The van der Waals surface area contributed by atoms with Crippen molar-refractivity contribution < 1.29 is 17.9 Å². The van der Waals surface area contributed by atoms with Crippen LogP contribution in [0.1, 0.15) is 60.8 Å². The molecule has 0 aromatic heterocycles. The topological polar surface area (TPSA) is 78.9 Å². The van der Waals surface area contributed by atoms with Crippen LogP contribution in [0.4, 0.5) is 0 Å². The molecule has 2 aliphatic rings. The molecule has 2 aromatic rings. The summed E-state index contributed by atoms with van der Waals surface area (Å²) in [6, 6.07) is 14.6. The van der Waals surface area contributed by atoms with Crippen LogP contribution in [0.3, 0.4) is 0 Å². The Morgan fingerprint density at radius 2 is 1.69 bits per heavy atom. The van der Waals surface area contributed by atoms with Crippen LogP contribution in [0, 0.1) is 20.8 Å². The summed E-state index contributed by atoms with van der Waals surface area (Å²) in [6.07, 6.45) is 6.47. The molecule has 1 saturated heterocycles. The van der Waals surface area contributed by atoms with Crippen LogP contribution in [-0.4, -0.2) is 75.0 Å². The summed E-state index contributed by atoms with van der Waals surface area (Å²) >= 11 is 0. The summed E-state index contributed by atoms with van der Waals surface area (Å²) in [5.41, 5.74) is 4.11. The van der Waals surface area contributed by atoms with Gasteiger partial charge >= 0.3 is 0 Å². The first-order valence-corrected chi connectivity index (χ1v) is 15.6. The van der Waals surface area contributed by atoms with Gasteiger partial charge in [0.25, 0.3) is 0 Å². The predicted molar refractivity (Wildman–Crippen MR) is 155 cm³/mol. The molecule has 7 nitrogen and oxygen atoms in total. The molecule has 1 aliphatic carbocycles. The lowest BCUT2D eigenvalue weighted by atomic mass is 9.75. The van der Waals surface area contributed by atoms with E-state index in [1.54, 1.807) is 0 Å². The van der Waals surface area contributed by atoms with E-state index in [1.807, 2.05) is 32.9 Å². The highest BCUT2D eigenvalue weighted by Gasteiger charge is 2.38. The lowest BCUT2D eigenvalue weighted by Crippen LogP contribution is -2.51. The van der Waals surface area contributed by atoms with E-state index < -0.39 is 10.0 Å². The van der Waals surface area contributed by atoms with Crippen LogP contribution >= 0.6 is 0 Å². The van der Waals surface area contributed by atoms with E-state index in [-0.39, 0.29) is 36.7 Å². The Kier molecular flexibility index (Phi) is 9.53. The molecule has 214 valence electrons. The summed E-state index contributed by atoms with van der Waals surface area (Å²) in [5, 5.41) is 3.17. The molecule has 0 radical (unpaired) electrons. The van der Waals surface area contributed by atoms with Crippen molar-refractivity contribution in [2.45, 2.75) is 88.3 Å².